The molecule has 0 radical (unpaired) electrons. The first-order valence-electron chi connectivity index (χ1n) is 8.54. The van der Waals surface area contributed by atoms with Crippen LogP contribution in [-0.2, 0) is 16.0 Å². The number of benzene rings is 1. The summed E-state index contributed by atoms with van der Waals surface area (Å²) in [5.41, 5.74) is 0.774. The average Bonchev–Trinajstić information content (AvgIpc) is 3.17. The van der Waals surface area contributed by atoms with Gasteiger partial charge >= 0.3 is 5.97 Å². The number of carbonyl (C=O) groups excluding carboxylic acids is 1. The van der Waals surface area contributed by atoms with E-state index in [0.717, 1.165) is 5.56 Å². The first kappa shape index (κ1) is 20.1. The molecule has 1 atom stereocenters. The number of pyridine rings is 1. The fraction of sp³-hybridized carbons (Fsp3) is 0.263. The lowest BCUT2D eigenvalue weighted by atomic mass is 10.3. The highest BCUT2D eigenvalue weighted by molar-refractivity contribution is 6.35. The van der Waals surface area contributed by atoms with Crippen molar-refractivity contribution >= 4 is 29.2 Å². The Morgan fingerprint density at radius 1 is 1.29 bits per heavy atom. The van der Waals surface area contributed by atoms with Gasteiger partial charge < -0.3 is 14.0 Å². The van der Waals surface area contributed by atoms with Gasteiger partial charge in [-0.3, -0.25) is 4.98 Å². The Labute approximate surface area is 171 Å². The van der Waals surface area contributed by atoms with Gasteiger partial charge in [0.25, 0.3) is 0 Å². The molecule has 0 bridgehead atoms. The van der Waals surface area contributed by atoms with Gasteiger partial charge in [0.15, 0.2) is 6.10 Å². The molecule has 0 amide bonds. The first-order valence-corrected chi connectivity index (χ1v) is 9.30. The largest absolute Gasteiger partial charge is 0.477 e. The van der Waals surface area contributed by atoms with Crippen LogP contribution >= 0.6 is 23.2 Å². The molecular weight excluding hydrogens is 405 g/mol. The monoisotopic (exact) mass is 421 g/mol. The van der Waals surface area contributed by atoms with Gasteiger partial charge in [-0.05, 0) is 43.7 Å². The maximum atomic E-state index is 12.1. The van der Waals surface area contributed by atoms with Crippen molar-refractivity contribution in [2.75, 3.05) is 6.61 Å². The molecule has 0 fully saturated rings. The number of rotatable bonds is 8. The van der Waals surface area contributed by atoms with Crippen molar-refractivity contribution in [2.45, 2.75) is 25.9 Å². The van der Waals surface area contributed by atoms with Gasteiger partial charge in [-0.1, -0.05) is 28.4 Å². The number of esters is 1. The highest BCUT2D eigenvalue weighted by Gasteiger charge is 2.18. The minimum atomic E-state index is -0.806. The second-order valence-electron chi connectivity index (χ2n) is 5.86. The van der Waals surface area contributed by atoms with Crippen LogP contribution < -0.4 is 4.74 Å². The van der Waals surface area contributed by atoms with E-state index in [-0.39, 0.29) is 6.61 Å². The number of hydrogen-bond acceptors (Lipinski definition) is 7. The van der Waals surface area contributed by atoms with Crippen molar-refractivity contribution in [3.8, 4) is 17.1 Å². The molecule has 28 heavy (non-hydrogen) atoms. The number of hydrogen-bond donors (Lipinski definition) is 0. The zero-order valence-corrected chi connectivity index (χ0v) is 16.5. The summed E-state index contributed by atoms with van der Waals surface area (Å²) < 4.78 is 15.9. The van der Waals surface area contributed by atoms with E-state index in [1.165, 1.54) is 0 Å². The molecule has 3 aromatic rings. The van der Waals surface area contributed by atoms with Crippen molar-refractivity contribution in [1.29, 1.82) is 0 Å². The number of carbonyl (C=O) groups is 1. The maximum absolute atomic E-state index is 12.1. The quantitative estimate of drug-likeness (QED) is 0.393. The molecular formula is C19H17Cl2N3O4. The number of aromatic nitrogens is 3. The van der Waals surface area contributed by atoms with Crippen LogP contribution in [0.4, 0.5) is 0 Å². The van der Waals surface area contributed by atoms with E-state index in [9.17, 15) is 4.79 Å². The van der Waals surface area contributed by atoms with E-state index in [1.807, 2.05) is 6.07 Å². The Balaban J connectivity index is 1.42. The summed E-state index contributed by atoms with van der Waals surface area (Å²) in [4.78, 5) is 20.4. The second kappa shape index (κ2) is 9.52. The Morgan fingerprint density at radius 3 is 2.89 bits per heavy atom. The van der Waals surface area contributed by atoms with Crippen molar-refractivity contribution < 1.29 is 18.8 Å². The Morgan fingerprint density at radius 2 is 2.14 bits per heavy atom. The van der Waals surface area contributed by atoms with Crippen molar-refractivity contribution in [3.05, 3.63) is 58.7 Å². The smallest absolute Gasteiger partial charge is 0.347 e. The Bertz CT molecular complexity index is 934. The normalized spacial score (nSPS) is 11.8. The molecule has 1 aromatic carbocycles. The lowest BCUT2D eigenvalue weighted by molar-refractivity contribution is -0.151. The summed E-state index contributed by atoms with van der Waals surface area (Å²) in [7, 11) is 0. The van der Waals surface area contributed by atoms with Crippen LogP contribution in [-0.4, -0.2) is 33.8 Å². The summed E-state index contributed by atoms with van der Waals surface area (Å²) in [6, 6.07) is 8.42. The van der Waals surface area contributed by atoms with Gasteiger partial charge in [0.05, 0.1) is 11.6 Å². The lowest BCUT2D eigenvalue weighted by Crippen LogP contribution is -2.26. The van der Waals surface area contributed by atoms with E-state index in [4.69, 9.17) is 37.2 Å². The molecule has 9 heteroatoms. The summed E-state index contributed by atoms with van der Waals surface area (Å²) in [6.07, 6.45) is 3.54. The Kier molecular flexibility index (Phi) is 6.84. The molecule has 146 valence electrons. The van der Waals surface area contributed by atoms with Gasteiger partial charge in [-0.2, -0.15) is 4.98 Å². The van der Waals surface area contributed by atoms with Crippen LogP contribution in [0.15, 0.2) is 47.2 Å². The van der Waals surface area contributed by atoms with Crippen LogP contribution in [0, 0.1) is 0 Å². The van der Waals surface area contributed by atoms with Crippen LogP contribution in [0.5, 0.6) is 5.75 Å². The van der Waals surface area contributed by atoms with E-state index < -0.39 is 12.1 Å². The summed E-state index contributed by atoms with van der Waals surface area (Å²) >= 11 is 11.9. The van der Waals surface area contributed by atoms with Crippen molar-refractivity contribution in [2.24, 2.45) is 0 Å². The molecule has 1 unspecified atom stereocenters. The van der Waals surface area contributed by atoms with Gasteiger partial charge in [0.2, 0.25) is 11.7 Å². The first-order chi connectivity index (χ1) is 13.5. The fourth-order valence-corrected chi connectivity index (χ4v) is 2.74. The summed E-state index contributed by atoms with van der Waals surface area (Å²) in [6.45, 7) is 1.79. The van der Waals surface area contributed by atoms with Gasteiger partial charge in [0.1, 0.15) is 5.75 Å². The molecule has 0 aliphatic heterocycles. The Hall–Kier alpha value is -2.64. The van der Waals surface area contributed by atoms with E-state index in [2.05, 4.69) is 15.1 Å². The maximum Gasteiger partial charge on any atom is 0.347 e. The highest BCUT2D eigenvalue weighted by Crippen LogP contribution is 2.28. The predicted octanol–water partition coefficient (Wildman–Crippen LogP) is 4.38. The minimum absolute atomic E-state index is 0.200. The highest BCUT2D eigenvalue weighted by atomic mass is 35.5. The topological polar surface area (TPSA) is 87.3 Å². The zero-order chi connectivity index (χ0) is 19.9. The van der Waals surface area contributed by atoms with Gasteiger partial charge in [-0.15, -0.1) is 0 Å². The standard InChI is InChI=1S/C19H17Cl2N3O4/c1-12(27-16-7-6-14(20)10-15(16)21)19(25)26-9-3-5-17-23-18(24-28-17)13-4-2-8-22-11-13/h2,4,6-8,10-12H,3,5,9H2,1H3. The number of nitrogens with zero attached hydrogens (tertiary/aromatic N) is 3. The number of ether oxygens (including phenoxy) is 2. The molecule has 0 saturated carbocycles. The van der Waals surface area contributed by atoms with E-state index >= 15 is 0 Å². The third-order valence-electron chi connectivity index (χ3n) is 3.70. The SMILES string of the molecule is CC(Oc1ccc(Cl)cc1Cl)C(=O)OCCCc1nc(-c2cccnc2)no1. The van der Waals surface area contributed by atoms with Gasteiger partial charge in [0, 0.05) is 29.4 Å². The summed E-state index contributed by atoms with van der Waals surface area (Å²) in [5.74, 6) is 0.811. The second-order valence-corrected chi connectivity index (χ2v) is 6.70. The molecule has 0 saturated heterocycles. The third kappa shape index (κ3) is 5.43. The van der Waals surface area contributed by atoms with Crippen molar-refractivity contribution in [1.82, 2.24) is 15.1 Å². The molecule has 0 aliphatic carbocycles. The molecule has 0 N–H and O–H groups in total. The lowest BCUT2D eigenvalue weighted by Gasteiger charge is -2.14. The van der Waals surface area contributed by atoms with Crippen LogP contribution in [0.3, 0.4) is 0 Å². The minimum Gasteiger partial charge on any atom is -0.477 e. The zero-order valence-electron chi connectivity index (χ0n) is 15.0. The van der Waals surface area contributed by atoms with Gasteiger partial charge in [-0.25, -0.2) is 4.79 Å². The fourth-order valence-electron chi connectivity index (χ4n) is 2.29. The van der Waals surface area contributed by atoms with Crippen LogP contribution in [0.1, 0.15) is 19.2 Å². The number of aryl methyl sites for hydroxylation is 1. The number of halogens is 2. The van der Waals surface area contributed by atoms with Crippen LogP contribution in [0.25, 0.3) is 11.4 Å². The molecule has 7 nitrogen and oxygen atoms in total. The predicted molar refractivity (Wildman–Crippen MR) is 103 cm³/mol. The average molecular weight is 422 g/mol. The molecule has 2 aromatic heterocycles. The van der Waals surface area contributed by atoms with Crippen molar-refractivity contribution in [3.63, 3.8) is 0 Å². The third-order valence-corrected chi connectivity index (χ3v) is 4.23. The van der Waals surface area contributed by atoms with E-state index in [1.54, 1.807) is 43.6 Å². The van der Waals surface area contributed by atoms with E-state index in [0.29, 0.717) is 40.4 Å². The molecule has 0 aliphatic rings. The van der Waals surface area contributed by atoms with Crippen LogP contribution in [0.2, 0.25) is 10.0 Å². The summed E-state index contributed by atoms with van der Waals surface area (Å²) in [5, 5.41) is 4.73. The molecule has 0 spiro atoms. The molecule has 2 heterocycles. The molecule has 3 rings (SSSR count).